The molecule has 0 radical (unpaired) electrons. The lowest BCUT2D eigenvalue weighted by Crippen LogP contribution is -2.02. The number of benzene rings is 1. The molecule has 0 saturated carbocycles. The molecule has 124 valence electrons. The Morgan fingerprint density at radius 3 is 2.96 bits per heavy atom. The van der Waals surface area contributed by atoms with E-state index in [0.29, 0.717) is 29.1 Å². The molecule has 23 heavy (non-hydrogen) atoms. The molecule has 0 aliphatic rings. The van der Waals surface area contributed by atoms with Crippen LogP contribution in [0, 0.1) is 0 Å². The van der Waals surface area contributed by atoms with Crippen LogP contribution >= 0.6 is 11.3 Å². The molecule has 2 rings (SSSR count). The summed E-state index contributed by atoms with van der Waals surface area (Å²) in [6, 6.07) is 5.71. The molecule has 0 unspecified atom stereocenters. The second-order valence-electron chi connectivity index (χ2n) is 4.88. The average molecular weight is 334 g/mol. The number of ether oxygens (including phenoxy) is 2. The van der Waals surface area contributed by atoms with Crippen molar-refractivity contribution in [3.63, 3.8) is 0 Å². The quantitative estimate of drug-likeness (QED) is 0.415. The van der Waals surface area contributed by atoms with Gasteiger partial charge < -0.3 is 15.2 Å². The van der Waals surface area contributed by atoms with Crippen molar-refractivity contribution in [2.75, 3.05) is 24.9 Å². The maximum Gasteiger partial charge on any atom is 0.205 e. The lowest BCUT2D eigenvalue weighted by atomic mass is 10.2. The fourth-order valence-corrected chi connectivity index (χ4v) is 2.52. The zero-order chi connectivity index (χ0) is 16.5. The largest absolute Gasteiger partial charge is 0.493 e. The highest BCUT2D eigenvalue weighted by Crippen LogP contribution is 2.30. The van der Waals surface area contributed by atoms with Crippen LogP contribution < -0.4 is 20.6 Å². The molecule has 0 spiro atoms. The fraction of sp³-hybridized carbons (Fsp3) is 0.375. The Labute approximate surface area is 140 Å². The number of hydrazone groups is 1. The van der Waals surface area contributed by atoms with Gasteiger partial charge in [-0.3, -0.25) is 5.43 Å². The highest BCUT2D eigenvalue weighted by molar-refractivity contribution is 7.14. The molecular weight excluding hydrogens is 312 g/mol. The molecule has 1 aromatic carbocycles. The van der Waals surface area contributed by atoms with Gasteiger partial charge in [-0.1, -0.05) is 25.8 Å². The number of hydrogen-bond donors (Lipinski definition) is 2. The van der Waals surface area contributed by atoms with Crippen LogP contribution in [-0.4, -0.2) is 24.9 Å². The van der Waals surface area contributed by atoms with E-state index in [9.17, 15) is 0 Å². The van der Waals surface area contributed by atoms with E-state index in [0.717, 1.165) is 24.8 Å². The first-order valence-corrected chi connectivity index (χ1v) is 8.42. The van der Waals surface area contributed by atoms with Gasteiger partial charge in [0.05, 0.1) is 19.9 Å². The Hall–Kier alpha value is -2.28. The van der Waals surface area contributed by atoms with Crippen LogP contribution in [0.15, 0.2) is 28.7 Å². The summed E-state index contributed by atoms with van der Waals surface area (Å²) >= 11 is 1.40. The zero-order valence-corrected chi connectivity index (χ0v) is 14.2. The molecule has 0 aliphatic heterocycles. The van der Waals surface area contributed by atoms with Gasteiger partial charge >= 0.3 is 0 Å². The van der Waals surface area contributed by atoms with E-state index in [1.807, 2.05) is 18.2 Å². The number of unbranched alkanes of at least 4 members (excludes halogenated alkanes) is 2. The van der Waals surface area contributed by atoms with E-state index in [4.69, 9.17) is 15.2 Å². The molecule has 1 aromatic heterocycles. The van der Waals surface area contributed by atoms with Crippen LogP contribution in [0.1, 0.15) is 31.7 Å². The number of nitrogens with two attached hydrogens (primary N) is 1. The number of methoxy groups -OCH3 is 1. The predicted octanol–water partition coefficient (Wildman–Crippen LogP) is 3.75. The number of aromatic nitrogens is 1. The van der Waals surface area contributed by atoms with Crippen molar-refractivity contribution in [3.8, 4) is 11.5 Å². The summed E-state index contributed by atoms with van der Waals surface area (Å²) in [5, 5.41) is 6.59. The van der Waals surface area contributed by atoms with Crippen LogP contribution in [-0.2, 0) is 0 Å². The first-order valence-electron chi connectivity index (χ1n) is 7.54. The van der Waals surface area contributed by atoms with Crippen LogP contribution in [0.25, 0.3) is 0 Å². The molecule has 7 heteroatoms. The van der Waals surface area contributed by atoms with E-state index < -0.39 is 0 Å². The Kier molecular flexibility index (Phi) is 6.68. The Balaban J connectivity index is 2.06. The van der Waals surface area contributed by atoms with Gasteiger partial charge in [-0.05, 0) is 18.6 Å². The third kappa shape index (κ3) is 5.14. The standard InChI is InChI=1S/C16H22N4O2S/c1-3-4-5-9-22-15-12(7-6-8-13(15)21-2)10-18-20-16-19-14(17)11-23-16/h6-8,10-11H,3-5,9,17H2,1-2H3,(H,19,20). The number of hydrogen-bond acceptors (Lipinski definition) is 7. The molecule has 1 heterocycles. The number of nitrogens with one attached hydrogen (secondary N) is 1. The first kappa shape index (κ1) is 17.1. The molecule has 0 bridgehead atoms. The SMILES string of the molecule is CCCCCOc1c(C=NNc2nc(N)cs2)cccc1OC. The van der Waals surface area contributed by atoms with Gasteiger partial charge in [0.1, 0.15) is 5.82 Å². The summed E-state index contributed by atoms with van der Waals surface area (Å²) in [6.07, 6.45) is 5.01. The zero-order valence-electron chi connectivity index (χ0n) is 13.4. The number of anilines is 2. The van der Waals surface area contributed by atoms with Gasteiger partial charge in [-0.25, -0.2) is 4.98 Å². The van der Waals surface area contributed by atoms with Crippen LogP contribution in [0.2, 0.25) is 0 Å². The highest BCUT2D eigenvalue weighted by Gasteiger charge is 2.09. The highest BCUT2D eigenvalue weighted by atomic mass is 32.1. The molecule has 0 aliphatic carbocycles. The van der Waals surface area contributed by atoms with E-state index in [1.54, 1.807) is 18.7 Å². The van der Waals surface area contributed by atoms with Gasteiger partial charge in [-0.15, -0.1) is 11.3 Å². The van der Waals surface area contributed by atoms with Crippen LogP contribution in [0.4, 0.5) is 10.9 Å². The van der Waals surface area contributed by atoms with Crippen LogP contribution in [0.3, 0.4) is 0 Å². The van der Waals surface area contributed by atoms with E-state index >= 15 is 0 Å². The summed E-state index contributed by atoms with van der Waals surface area (Å²) in [6.45, 7) is 2.82. The number of nitrogen functional groups attached to an aromatic ring is 1. The van der Waals surface area contributed by atoms with Crippen LogP contribution in [0.5, 0.6) is 11.5 Å². The minimum atomic E-state index is 0.481. The number of para-hydroxylation sites is 1. The van der Waals surface area contributed by atoms with Gasteiger partial charge in [0.15, 0.2) is 11.5 Å². The molecule has 6 nitrogen and oxygen atoms in total. The molecule has 3 N–H and O–H groups in total. The summed E-state index contributed by atoms with van der Waals surface area (Å²) in [5.74, 6) is 1.88. The topological polar surface area (TPSA) is 81.8 Å². The van der Waals surface area contributed by atoms with Gasteiger partial charge in [0.25, 0.3) is 0 Å². The lowest BCUT2D eigenvalue weighted by Gasteiger charge is -2.12. The van der Waals surface area contributed by atoms with Crippen molar-refractivity contribution in [2.45, 2.75) is 26.2 Å². The maximum absolute atomic E-state index is 5.89. The smallest absolute Gasteiger partial charge is 0.205 e. The summed E-state index contributed by atoms with van der Waals surface area (Å²) in [5.41, 5.74) is 9.27. The van der Waals surface area contributed by atoms with E-state index in [1.165, 1.54) is 11.3 Å². The van der Waals surface area contributed by atoms with Crippen molar-refractivity contribution in [2.24, 2.45) is 5.10 Å². The van der Waals surface area contributed by atoms with Crippen molar-refractivity contribution in [3.05, 3.63) is 29.1 Å². The first-order chi connectivity index (χ1) is 11.2. The predicted molar refractivity (Wildman–Crippen MR) is 95.8 cm³/mol. The van der Waals surface area contributed by atoms with Crippen molar-refractivity contribution in [1.82, 2.24) is 4.98 Å². The van der Waals surface area contributed by atoms with E-state index in [2.05, 4.69) is 22.4 Å². The van der Waals surface area contributed by atoms with Crippen molar-refractivity contribution < 1.29 is 9.47 Å². The third-order valence-electron chi connectivity index (χ3n) is 3.11. The number of nitrogens with zero attached hydrogens (tertiary/aromatic N) is 2. The van der Waals surface area contributed by atoms with Crippen molar-refractivity contribution >= 4 is 28.5 Å². The molecule has 0 atom stereocenters. The Morgan fingerprint density at radius 1 is 1.39 bits per heavy atom. The number of rotatable bonds is 9. The maximum atomic E-state index is 5.89. The normalized spacial score (nSPS) is 10.9. The van der Waals surface area contributed by atoms with Gasteiger partial charge in [0, 0.05) is 10.9 Å². The summed E-state index contributed by atoms with van der Waals surface area (Å²) < 4.78 is 11.3. The third-order valence-corrected chi connectivity index (χ3v) is 3.87. The monoisotopic (exact) mass is 334 g/mol. The molecule has 2 aromatic rings. The summed E-state index contributed by atoms with van der Waals surface area (Å²) in [4.78, 5) is 4.08. The second-order valence-corrected chi connectivity index (χ2v) is 5.74. The lowest BCUT2D eigenvalue weighted by molar-refractivity contribution is 0.285. The minimum absolute atomic E-state index is 0.481. The average Bonchev–Trinajstić information content (AvgIpc) is 2.97. The van der Waals surface area contributed by atoms with Gasteiger partial charge in [-0.2, -0.15) is 5.10 Å². The fourth-order valence-electron chi connectivity index (χ4n) is 1.97. The molecule has 0 amide bonds. The molecular formula is C16H22N4O2S. The molecule has 0 saturated heterocycles. The van der Waals surface area contributed by atoms with Gasteiger partial charge in [0.2, 0.25) is 5.13 Å². The number of thiazole rings is 1. The second kappa shape index (κ2) is 8.99. The Morgan fingerprint density at radius 2 is 2.26 bits per heavy atom. The minimum Gasteiger partial charge on any atom is -0.493 e. The molecule has 0 fully saturated rings. The van der Waals surface area contributed by atoms with Crippen molar-refractivity contribution in [1.29, 1.82) is 0 Å². The summed E-state index contributed by atoms with van der Waals surface area (Å²) in [7, 11) is 1.63. The Bertz CT molecular complexity index is 643. The van der Waals surface area contributed by atoms with E-state index in [-0.39, 0.29) is 0 Å².